The van der Waals surface area contributed by atoms with Crippen molar-refractivity contribution in [3.05, 3.63) is 48.6 Å². The zero-order chi connectivity index (χ0) is 15.1. The lowest BCUT2D eigenvalue weighted by Crippen LogP contribution is -2.53. The first-order chi connectivity index (χ1) is 10.2. The van der Waals surface area contributed by atoms with Crippen molar-refractivity contribution in [3.8, 4) is 0 Å². The number of rotatable bonds is 8. The fourth-order valence-electron chi connectivity index (χ4n) is 2.84. The summed E-state index contributed by atoms with van der Waals surface area (Å²) in [5.74, 6) is 0.00820. The summed E-state index contributed by atoms with van der Waals surface area (Å²) in [6.07, 6.45) is 4.87. The highest BCUT2D eigenvalue weighted by Gasteiger charge is 2.39. The molecule has 1 amide bonds. The number of nitrogens with zero attached hydrogens (tertiary/aromatic N) is 1. The molecule has 0 aliphatic heterocycles. The number of hydrogen-bond acceptors (Lipinski definition) is 3. The van der Waals surface area contributed by atoms with E-state index in [1.165, 1.54) is 5.56 Å². The van der Waals surface area contributed by atoms with Gasteiger partial charge in [-0.2, -0.15) is 0 Å². The van der Waals surface area contributed by atoms with Gasteiger partial charge in [0.15, 0.2) is 0 Å². The van der Waals surface area contributed by atoms with E-state index >= 15 is 0 Å². The largest absolute Gasteiger partial charge is 0.395 e. The third-order valence-corrected chi connectivity index (χ3v) is 4.08. The summed E-state index contributed by atoms with van der Waals surface area (Å²) in [5.41, 5.74) is 0.985. The molecule has 0 radical (unpaired) electrons. The van der Waals surface area contributed by atoms with E-state index in [1.807, 2.05) is 23.1 Å². The van der Waals surface area contributed by atoms with Crippen LogP contribution in [0.15, 0.2) is 43.0 Å². The molecule has 0 unspecified atom stereocenters. The second-order valence-electron chi connectivity index (χ2n) is 5.60. The van der Waals surface area contributed by atoms with E-state index in [-0.39, 0.29) is 18.1 Å². The van der Waals surface area contributed by atoms with Crippen LogP contribution in [0.4, 0.5) is 0 Å². The molecule has 4 heteroatoms. The van der Waals surface area contributed by atoms with Gasteiger partial charge in [-0.15, -0.1) is 6.58 Å². The molecular weight excluding hydrogens is 264 g/mol. The Balaban J connectivity index is 1.98. The predicted molar refractivity (Wildman–Crippen MR) is 83.8 cm³/mol. The molecule has 21 heavy (non-hydrogen) atoms. The first-order valence-corrected chi connectivity index (χ1v) is 7.51. The molecule has 0 bridgehead atoms. The van der Waals surface area contributed by atoms with Crippen LogP contribution < -0.4 is 5.32 Å². The average molecular weight is 288 g/mol. The van der Waals surface area contributed by atoms with Gasteiger partial charge in [0.25, 0.3) is 0 Å². The van der Waals surface area contributed by atoms with Gasteiger partial charge in [0.05, 0.1) is 18.7 Å². The van der Waals surface area contributed by atoms with Crippen LogP contribution in [0, 0.1) is 0 Å². The first-order valence-electron chi connectivity index (χ1n) is 7.51. The lowest BCUT2D eigenvalue weighted by molar-refractivity contribution is -0.125. The van der Waals surface area contributed by atoms with Crippen molar-refractivity contribution in [2.75, 3.05) is 26.2 Å². The Labute approximate surface area is 126 Å². The Bertz CT molecular complexity index is 469. The lowest BCUT2D eigenvalue weighted by atomic mass is 9.72. The minimum Gasteiger partial charge on any atom is -0.395 e. The maximum Gasteiger partial charge on any atom is 0.234 e. The van der Waals surface area contributed by atoms with E-state index < -0.39 is 0 Å². The summed E-state index contributed by atoms with van der Waals surface area (Å²) in [5, 5.41) is 12.2. The third-order valence-electron chi connectivity index (χ3n) is 4.08. The van der Waals surface area contributed by atoms with E-state index in [2.05, 4.69) is 24.0 Å². The third kappa shape index (κ3) is 3.93. The number of amides is 1. The predicted octanol–water partition coefficient (Wildman–Crippen LogP) is 1.66. The number of benzene rings is 1. The van der Waals surface area contributed by atoms with Gasteiger partial charge in [0, 0.05) is 13.1 Å². The highest BCUT2D eigenvalue weighted by Crippen LogP contribution is 2.41. The van der Waals surface area contributed by atoms with Crippen molar-refractivity contribution in [2.45, 2.75) is 24.8 Å². The Kier molecular flexibility index (Phi) is 5.53. The minimum absolute atomic E-state index is 0.00820. The molecule has 1 aliphatic rings. The highest BCUT2D eigenvalue weighted by atomic mass is 16.3. The fourth-order valence-corrected chi connectivity index (χ4v) is 2.84. The van der Waals surface area contributed by atoms with Crippen molar-refractivity contribution in [1.29, 1.82) is 0 Å². The van der Waals surface area contributed by atoms with Crippen molar-refractivity contribution in [3.63, 3.8) is 0 Å². The number of carbonyl (C=O) groups excluding carboxylic acids is 1. The summed E-state index contributed by atoms with van der Waals surface area (Å²) in [6, 6.07) is 10.2. The maximum atomic E-state index is 12.3. The summed E-state index contributed by atoms with van der Waals surface area (Å²) < 4.78 is 0. The van der Waals surface area contributed by atoms with Crippen molar-refractivity contribution in [2.24, 2.45) is 0 Å². The number of nitrogens with one attached hydrogen (secondary N) is 1. The topological polar surface area (TPSA) is 52.6 Å². The van der Waals surface area contributed by atoms with Crippen molar-refractivity contribution in [1.82, 2.24) is 10.2 Å². The fraction of sp³-hybridized carbons (Fsp3) is 0.471. The van der Waals surface area contributed by atoms with Gasteiger partial charge in [0.1, 0.15) is 0 Å². The van der Waals surface area contributed by atoms with Gasteiger partial charge < -0.3 is 10.4 Å². The minimum atomic E-state index is -0.197. The number of aliphatic hydroxyl groups is 1. The molecule has 0 spiro atoms. The summed E-state index contributed by atoms with van der Waals surface area (Å²) >= 11 is 0. The Morgan fingerprint density at radius 2 is 2.10 bits per heavy atom. The van der Waals surface area contributed by atoms with Crippen LogP contribution in [0.25, 0.3) is 0 Å². The molecule has 0 saturated heterocycles. The van der Waals surface area contributed by atoms with E-state index in [9.17, 15) is 4.79 Å². The maximum absolute atomic E-state index is 12.3. The molecular formula is C17H24N2O2. The molecule has 1 aromatic rings. The molecule has 0 aromatic heterocycles. The van der Waals surface area contributed by atoms with Gasteiger partial charge in [-0.1, -0.05) is 36.4 Å². The van der Waals surface area contributed by atoms with Crippen LogP contribution in [0.5, 0.6) is 0 Å². The van der Waals surface area contributed by atoms with E-state index in [4.69, 9.17) is 5.11 Å². The van der Waals surface area contributed by atoms with E-state index in [0.717, 1.165) is 19.3 Å². The van der Waals surface area contributed by atoms with Gasteiger partial charge in [0.2, 0.25) is 5.91 Å². The second-order valence-corrected chi connectivity index (χ2v) is 5.60. The van der Waals surface area contributed by atoms with Crippen molar-refractivity contribution >= 4 is 5.91 Å². The molecule has 1 aliphatic carbocycles. The summed E-state index contributed by atoms with van der Waals surface area (Å²) in [4.78, 5) is 14.2. The average Bonchev–Trinajstić information content (AvgIpc) is 2.44. The van der Waals surface area contributed by atoms with Gasteiger partial charge >= 0.3 is 0 Å². The van der Waals surface area contributed by atoms with Crippen LogP contribution in [0.2, 0.25) is 0 Å². The molecule has 0 heterocycles. The monoisotopic (exact) mass is 288 g/mol. The van der Waals surface area contributed by atoms with E-state index in [0.29, 0.717) is 19.6 Å². The molecule has 2 rings (SSSR count). The number of aliphatic hydroxyl groups excluding tert-OH is 1. The molecule has 114 valence electrons. The van der Waals surface area contributed by atoms with Crippen LogP contribution in [-0.2, 0) is 10.3 Å². The van der Waals surface area contributed by atoms with Crippen LogP contribution in [0.3, 0.4) is 0 Å². The lowest BCUT2D eigenvalue weighted by Gasteiger charge is -2.43. The normalized spacial score (nSPS) is 16.3. The SMILES string of the molecule is C=CCN(CCO)CC(=O)NC1(c2ccccc2)CCC1. The molecule has 1 saturated carbocycles. The summed E-state index contributed by atoms with van der Waals surface area (Å²) in [6.45, 7) is 5.11. The highest BCUT2D eigenvalue weighted by molar-refractivity contribution is 5.79. The molecule has 4 nitrogen and oxygen atoms in total. The number of hydrogen-bond donors (Lipinski definition) is 2. The van der Waals surface area contributed by atoms with Crippen LogP contribution in [-0.4, -0.2) is 42.2 Å². The molecule has 1 aromatic carbocycles. The van der Waals surface area contributed by atoms with Gasteiger partial charge in [-0.05, 0) is 24.8 Å². The second kappa shape index (κ2) is 7.38. The smallest absolute Gasteiger partial charge is 0.234 e. The van der Waals surface area contributed by atoms with Gasteiger partial charge in [-0.25, -0.2) is 0 Å². The zero-order valence-electron chi connectivity index (χ0n) is 12.4. The quantitative estimate of drug-likeness (QED) is 0.715. The van der Waals surface area contributed by atoms with Crippen molar-refractivity contribution < 1.29 is 9.90 Å². The molecule has 0 atom stereocenters. The first kappa shape index (κ1) is 15.7. The Morgan fingerprint density at radius 1 is 1.38 bits per heavy atom. The summed E-state index contributed by atoms with van der Waals surface area (Å²) in [7, 11) is 0. The molecule has 2 N–H and O–H groups in total. The number of carbonyl (C=O) groups is 1. The Morgan fingerprint density at radius 3 is 2.62 bits per heavy atom. The standard InChI is InChI=1S/C17H24N2O2/c1-2-11-19(12-13-20)14-16(21)18-17(9-6-10-17)15-7-4-3-5-8-15/h2-5,7-8,20H,1,6,9-14H2,(H,18,21). The van der Waals surface area contributed by atoms with Gasteiger partial charge in [-0.3, -0.25) is 9.69 Å². The van der Waals surface area contributed by atoms with Crippen LogP contribution in [0.1, 0.15) is 24.8 Å². The zero-order valence-corrected chi connectivity index (χ0v) is 12.4. The Hall–Kier alpha value is -1.65. The van der Waals surface area contributed by atoms with E-state index in [1.54, 1.807) is 6.08 Å². The van der Waals surface area contributed by atoms with Crippen LogP contribution >= 0.6 is 0 Å². The molecule has 1 fully saturated rings.